The molecule has 0 aliphatic carbocycles. The molecule has 1 rings (SSSR count). The van der Waals surface area contributed by atoms with Crippen molar-refractivity contribution in [3.05, 3.63) is 42.2 Å². The largest absolute Gasteiger partial charge is 0.465 e. The van der Waals surface area contributed by atoms with Crippen LogP contribution >= 0.6 is 0 Å². The zero-order valence-corrected chi connectivity index (χ0v) is 9.07. The molecular formula is C10H12O4S. The minimum Gasteiger partial charge on any atom is -0.465 e. The second kappa shape index (κ2) is 4.95. The number of para-hydroxylation sites is 1. The smallest absolute Gasteiger partial charge is 0.268 e. The highest BCUT2D eigenvalue weighted by Gasteiger charge is 2.05. The topological polar surface area (TPSA) is 63.6 Å². The Kier molecular flexibility index (Phi) is 3.88. The van der Waals surface area contributed by atoms with Crippen LogP contribution in [0.5, 0.6) is 5.75 Å². The first-order valence-corrected chi connectivity index (χ1v) is 5.91. The van der Waals surface area contributed by atoms with E-state index in [2.05, 4.69) is 0 Å². The molecule has 4 nitrogen and oxygen atoms in total. The Morgan fingerprint density at radius 3 is 2.53 bits per heavy atom. The minimum atomic E-state index is -3.98. The van der Waals surface area contributed by atoms with E-state index in [0.29, 0.717) is 11.3 Å². The van der Waals surface area contributed by atoms with Crippen LogP contribution in [0.3, 0.4) is 0 Å². The number of ether oxygens (including phenoxy) is 1. The van der Waals surface area contributed by atoms with Gasteiger partial charge in [0, 0.05) is 0 Å². The van der Waals surface area contributed by atoms with E-state index in [1.807, 2.05) is 6.07 Å². The molecule has 1 aromatic carbocycles. The summed E-state index contributed by atoms with van der Waals surface area (Å²) in [5.41, 5.74) is 0.432. The van der Waals surface area contributed by atoms with Gasteiger partial charge in [0.25, 0.3) is 10.1 Å². The Labute approximate surface area is 88.9 Å². The van der Waals surface area contributed by atoms with Crippen molar-refractivity contribution < 1.29 is 17.7 Å². The summed E-state index contributed by atoms with van der Waals surface area (Å²) in [6, 6.07) is 8.96. The molecule has 0 unspecified atom stereocenters. The van der Waals surface area contributed by atoms with E-state index in [0.717, 1.165) is 0 Å². The highest BCUT2D eigenvalue weighted by Crippen LogP contribution is 2.09. The van der Waals surface area contributed by atoms with Crippen molar-refractivity contribution in [1.82, 2.24) is 0 Å². The molecule has 0 fully saturated rings. The molecule has 0 heterocycles. The highest BCUT2D eigenvalue weighted by atomic mass is 32.2. The third kappa shape index (κ3) is 5.19. The van der Waals surface area contributed by atoms with Crippen molar-refractivity contribution in [1.29, 1.82) is 0 Å². The predicted octanol–water partition coefficient (Wildman–Crippen LogP) is 1.86. The fraction of sp³-hybridized carbons (Fsp3) is 0.200. The summed E-state index contributed by atoms with van der Waals surface area (Å²) < 4.78 is 34.8. The third-order valence-electron chi connectivity index (χ3n) is 1.55. The number of rotatable bonds is 4. The van der Waals surface area contributed by atoms with Crippen molar-refractivity contribution in [2.75, 3.05) is 5.75 Å². The van der Waals surface area contributed by atoms with E-state index in [-0.39, 0.29) is 0 Å². The van der Waals surface area contributed by atoms with Gasteiger partial charge in [0.2, 0.25) is 0 Å². The van der Waals surface area contributed by atoms with Crippen molar-refractivity contribution in [2.45, 2.75) is 6.92 Å². The quantitative estimate of drug-likeness (QED) is 0.631. The van der Waals surface area contributed by atoms with Gasteiger partial charge < -0.3 is 4.74 Å². The summed E-state index contributed by atoms with van der Waals surface area (Å²) in [4.78, 5) is 0. The Morgan fingerprint density at radius 2 is 2.00 bits per heavy atom. The number of hydrogen-bond acceptors (Lipinski definition) is 3. The monoisotopic (exact) mass is 228 g/mol. The van der Waals surface area contributed by atoms with E-state index < -0.39 is 15.9 Å². The minimum absolute atomic E-state index is 0.417. The predicted molar refractivity (Wildman–Crippen MR) is 57.2 cm³/mol. The Hall–Kier alpha value is -1.33. The molecule has 1 aromatic rings. The van der Waals surface area contributed by atoms with E-state index in [1.54, 1.807) is 31.2 Å². The first-order valence-electron chi connectivity index (χ1n) is 4.30. The van der Waals surface area contributed by atoms with Gasteiger partial charge >= 0.3 is 0 Å². The van der Waals surface area contributed by atoms with Crippen LogP contribution < -0.4 is 4.74 Å². The Morgan fingerprint density at radius 1 is 1.40 bits per heavy atom. The van der Waals surface area contributed by atoms with Crippen molar-refractivity contribution in [3.8, 4) is 5.75 Å². The molecule has 0 spiro atoms. The van der Waals surface area contributed by atoms with Gasteiger partial charge in [0.15, 0.2) is 0 Å². The molecule has 0 saturated heterocycles. The molecule has 5 heteroatoms. The summed E-state index contributed by atoms with van der Waals surface area (Å²) in [5.74, 6) is 0.201. The van der Waals surface area contributed by atoms with E-state index in [1.165, 1.54) is 6.26 Å². The van der Waals surface area contributed by atoms with E-state index in [4.69, 9.17) is 9.29 Å². The molecule has 1 N–H and O–H groups in total. The van der Waals surface area contributed by atoms with Crippen LogP contribution in [0.15, 0.2) is 42.2 Å². The molecule has 82 valence electrons. The van der Waals surface area contributed by atoms with E-state index in [9.17, 15) is 8.42 Å². The van der Waals surface area contributed by atoms with Crippen molar-refractivity contribution in [3.63, 3.8) is 0 Å². The standard InChI is InChI=1S/C10H12O4S/c1-9(8-15(11,12)13)7-14-10-5-3-2-4-6-10/h2-7H,8H2,1H3,(H,11,12,13)/b9-7+. The van der Waals surface area contributed by atoms with Gasteiger partial charge in [-0.05, 0) is 24.6 Å². The highest BCUT2D eigenvalue weighted by molar-refractivity contribution is 7.85. The van der Waals surface area contributed by atoms with Crippen LogP contribution in [0.1, 0.15) is 6.92 Å². The number of hydrogen-bond donors (Lipinski definition) is 1. The molecule has 0 amide bonds. The summed E-state index contributed by atoms with van der Waals surface area (Å²) in [7, 11) is -3.98. The van der Waals surface area contributed by atoms with Gasteiger partial charge in [-0.15, -0.1) is 0 Å². The second-order valence-corrected chi connectivity index (χ2v) is 4.57. The van der Waals surface area contributed by atoms with Crippen LogP contribution in [-0.4, -0.2) is 18.7 Å². The van der Waals surface area contributed by atoms with Crippen molar-refractivity contribution in [2.24, 2.45) is 0 Å². The molecule has 0 radical (unpaired) electrons. The first-order chi connectivity index (χ1) is 6.97. The molecule has 0 aliphatic rings. The Balaban J connectivity index is 2.59. The first kappa shape index (κ1) is 11.7. The molecule has 0 aromatic heterocycles. The lowest BCUT2D eigenvalue weighted by molar-refractivity contribution is 0.469. The van der Waals surface area contributed by atoms with Gasteiger partial charge in [-0.25, -0.2) is 0 Å². The summed E-state index contributed by atoms with van der Waals surface area (Å²) in [6.45, 7) is 1.57. The van der Waals surface area contributed by atoms with Gasteiger partial charge in [-0.2, -0.15) is 8.42 Å². The maximum Gasteiger partial charge on any atom is 0.268 e. The lowest BCUT2D eigenvalue weighted by atomic mass is 10.3. The van der Waals surface area contributed by atoms with Gasteiger partial charge in [0.1, 0.15) is 5.75 Å². The average Bonchev–Trinajstić information content (AvgIpc) is 2.14. The summed E-state index contributed by atoms with van der Waals surface area (Å²) in [5, 5.41) is 0. The maximum atomic E-state index is 10.5. The zero-order chi connectivity index (χ0) is 11.3. The molecule has 0 aliphatic heterocycles. The summed E-state index contributed by atoms with van der Waals surface area (Å²) in [6.07, 6.45) is 1.31. The van der Waals surface area contributed by atoms with Crippen LogP contribution in [0.25, 0.3) is 0 Å². The SMILES string of the molecule is C/C(=C\Oc1ccccc1)CS(=O)(=O)O. The average molecular weight is 228 g/mol. The third-order valence-corrected chi connectivity index (χ3v) is 2.37. The van der Waals surface area contributed by atoms with Crippen LogP contribution in [0, 0.1) is 0 Å². The van der Waals surface area contributed by atoms with Gasteiger partial charge in [-0.3, -0.25) is 4.55 Å². The van der Waals surface area contributed by atoms with Gasteiger partial charge in [-0.1, -0.05) is 18.2 Å². The van der Waals surface area contributed by atoms with Crippen LogP contribution in [0.4, 0.5) is 0 Å². The van der Waals surface area contributed by atoms with Crippen molar-refractivity contribution >= 4 is 10.1 Å². The molecule has 15 heavy (non-hydrogen) atoms. The molecule has 0 atom stereocenters. The van der Waals surface area contributed by atoms with Crippen LogP contribution in [0.2, 0.25) is 0 Å². The normalized spacial score (nSPS) is 12.5. The van der Waals surface area contributed by atoms with Crippen LogP contribution in [-0.2, 0) is 10.1 Å². The van der Waals surface area contributed by atoms with E-state index >= 15 is 0 Å². The zero-order valence-electron chi connectivity index (χ0n) is 8.25. The number of benzene rings is 1. The fourth-order valence-corrected chi connectivity index (χ4v) is 1.63. The molecule has 0 saturated carbocycles. The molecule has 0 bridgehead atoms. The second-order valence-electron chi connectivity index (χ2n) is 3.12. The Bertz CT molecular complexity index is 434. The summed E-state index contributed by atoms with van der Waals surface area (Å²) >= 11 is 0. The fourth-order valence-electron chi connectivity index (χ4n) is 0.989. The molecular weight excluding hydrogens is 216 g/mol. The van der Waals surface area contributed by atoms with Gasteiger partial charge in [0.05, 0.1) is 12.0 Å². The lowest BCUT2D eigenvalue weighted by Gasteiger charge is -2.01. The maximum absolute atomic E-state index is 10.5. The lowest BCUT2D eigenvalue weighted by Crippen LogP contribution is -2.05.